The number of aromatic nitrogens is 1. The molecule has 0 aliphatic heterocycles. The van der Waals surface area contributed by atoms with Crippen LogP contribution in [-0.4, -0.2) is 28.1 Å². The average molecular weight is 414 g/mol. The van der Waals surface area contributed by atoms with Crippen molar-refractivity contribution in [2.45, 2.75) is 11.4 Å². The number of halogens is 1. The SMILES string of the molecule is CS(=O)(=O)NCc1ccc(S(=O)(=O)Nc2cccc3c(Cl)c[nH]c23)cc1. The number of para-hydroxylation sites is 1. The minimum absolute atomic E-state index is 0.0651. The number of anilines is 1. The Morgan fingerprint density at radius 2 is 1.73 bits per heavy atom. The van der Waals surface area contributed by atoms with Crippen LogP contribution in [0.25, 0.3) is 10.9 Å². The lowest BCUT2D eigenvalue weighted by Gasteiger charge is -2.10. The topological polar surface area (TPSA) is 108 Å². The summed E-state index contributed by atoms with van der Waals surface area (Å²) in [5, 5.41) is 1.22. The van der Waals surface area contributed by atoms with E-state index in [0.717, 1.165) is 6.26 Å². The third-order valence-corrected chi connectivity index (χ3v) is 6.04. The van der Waals surface area contributed by atoms with Crippen LogP contribution in [0.5, 0.6) is 0 Å². The van der Waals surface area contributed by atoms with Gasteiger partial charge in [-0.3, -0.25) is 4.72 Å². The van der Waals surface area contributed by atoms with E-state index in [1.54, 1.807) is 36.5 Å². The van der Waals surface area contributed by atoms with Gasteiger partial charge in [0.05, 0.1) is 27.4 Å². The molecule has 3 aromatic rings. The number of hydrogen-bond donors (Lipinski definition) is 3. The van der Waals surface area contributed by atoms with Crippen LogP contribution in [-0.2, 0) is 26.6 Å². The van der Waals surface area contributed by atoms with Gasteiger partial charge in [0.25, 0.3) is 10.0 Å². The largest absolute Gasteiger partial charge is 0.358 e. The Bertz CT molecular complexity index is 1150. The Kier molecular flexibility index (Phi) is 4.98. The van der Waals surface area contributed by atoms with E-state index < -0.39 is 20.0 Å². The number of nitrogens with one attached hydrogen (secondary N) is 3. The van der Waals surface area contributed by atoms with Crippen molar-refractivity contribution < 1.29 is 16.8 Å². The van der Waals surface area contributed by atoms with Gasteiger partial charge in [-0.15, -0.1) is 0 Å². The maximum absolute atomic E-state index is 12.6. The molecule has 7 nitrogen and oxygen atoms in total. The van der Waals surface area contributed by atoms with Gasteiger partial charge in [0, 0.05) is 18.1 Å². The van der Waals surface area contributed by atoms with E-state index in [1.807, 2.05) is 0 Å². The monoisotopic (exact) mass is 413 g/mol. The molecule has 0 fully saturated rings. The zero-order valence-electron chi connectivity index (χ0n) is 13.7. The molecular weight excluding hydrogens is 398 g/mol. The van der Waals surface area contributed by atoms with Gasteiger partial charge in [-0.25, -0.2) is 21.6 Å². The highest BCUT2D eigenvalue weighted by Gasteiger charge is 2.16. The van der Waals surface area contributed by atoms with Crippen LogP contribution in [0.15, 0.2) is 53.6 Å². The summed E-state index contributed by atoms with van der Waals surface area (Å²) in [5.41, 5.74) is 1.62. The van der Waals surface area contributed by atoms with Crippen molar-refractivity contribution in [3.63, 3.8) is 0 Å². The molecule has 138 valence electrons. The zero-order valence-corrected chi connectivity index (χ0v) is 16.0. The molecule has 1 aromatic heterocycles. The maximum atomic E-state index is 12.6. The molecule has 0 amide bonds. The first-order valence-electron chi connectivity index (χ1n) is 7.48. The molecule has 1 heterocycles. The minimum atomic E-state index is -3.81. The predicted molar refractivity (Wildman–Crippen MR) is 102 cm³/mol. The van der Waals surface area contributed by atoms with Crippen molar-refractivity contribution in [1.82, 2.24) is 9.71 Å². The third kappa shape index (κ3) is 4.18. The fraction of sp³-hybridized carbons (Fsp3) is 0.125. The second kappa shape index (κ2) is 6.92. The van der Waals surface area contributed by atoms with Gasteiger partial charge >= 0.3 is 0 Å². The Morgan fingerprint density at radius 3 is 2.38 bits per heavy atom. The molecular formula is C16H16ClN3O4S2. The van der Waals surface area contributed by atoms with Crippen LogP contribution in [0.4, 0.5) is 5.69 Å². The van der Waals surface area contributed by atoms with E-state index >= 15 is 0 Å². The van der Waals surface area contributed by atoms with Crippen molar-refractivity contribution in [2.24, 2.45) is 0 Å². The fourth-order valence-corrected chi connectivity index (χ4v) is 4.12. The molecule has 2 aromatic carbocycles. The number of fused-ring (bicyclic) bond motifs is 1. The lowest BCUT2D eigenvalue weighted by Crippen LogP contribution is -2.21. The minimum Gasteiger partial charge on any atom is -0.358 e. The third-order valence-electron chi connectivity index (χ3n) is 3.68. The van der Waals surface area contributed by atoms with Crippen LogP contribution in [0, 0.1) is 0 Å². The van der Waals surface area contributed by atoms with E-state index in [2.05, 4.69) is 14.4 Å². The van der Waals surface area contributed by atoms with Gasteiger partial charge < -0.3 is 4.98 Å². The molecule has 26 heavy (non-hydrogen) atoms. The van der Waals surface area contributed by atoms with E-state index in [9.17, 15) is 16.8 Å². The number of H-pyrrole nitrogens is 1. The van der Waals surface area contributed by atoms with Crippen LogP contribution >= 0.6 is 11.6 Å². The summed E-state index contributed by atoms with van der Waals surface area (Å²) in [7, 11) is -7.12. The summed E-state index contributed by atoms with van der Waals surface area (Å²) in [5.74, 6) is 0. The Balaban J connectivity index is 1.83. The maximum Gasteiger partial charge on any atom is 0.261 e. The molecule has 0 unspecified atom stereocenters. The number of aromatic amines is 1. The smallest absolute Gasteiger partial charge is 0.261 e. The summed E-state index contributed by atoms with van der Waals surface area (Å²) < 4.78 is 52.3. The molecule has 0 saturated heterocycles. The first kappa shape index (κ1) is 18.7. The average Bonchev–Trinajstić information content (AvgIpc) is 2.95. The summed E-state index contributed by atoms with van der Waals surface area (Å²) >= 11 is 6.05. The van der Waals surface area contributed by atoms with Crippen molar-refractivity contribution in [3.8, 4) is 0 Å². The summed E-state index contributed by atoms with van der Waals surface area (Å²) in [6, 6.07) is 11.1. The Labute approximate surface area is 156 Å². The first-order valence-corrected chi connectivity index (χ1v) is 11.2. The van der Waals surface area contributed by atoms with Crippen molar-refractivity contribution in [2.75, 3.05) is 11.0 Å². The normalized spacial score (nSPS) is 12.4. The first-order chi connectivity index (χ1) is 12.2. The molecule has 0 saturated carbocycles. The lowest BCUT2D eigenvalue weighted by molar-refractivity contribution is 0.587. The Hall–Kier alpha value is -2.07. The van der Waals surface area contributed by atoms with Gasteiger partial charge in [-0.1, -0.05) is 35.9 Å². The second-order valence-corrected chi connectivity index (χ2v) is 9.63. The number of rotatable bonds is 6. The van der Waals surface area contributed by atoms with Crippen molar-refractivity contribution in [3.05, 3.63) is 59.2 Å². The zero-order chi connectivity index (χ0) is 18.9. The molecule has 10 heteroatoms. The van der Waals surface area contributed by atoms with E-state index in [1.165, 1.54) is 12.1 Å². The van der Waals surface area contributed by atoms with Crippen LogP contribution < -0.4 is 9.44 Å². The Morgan fingerprint density at radius 1 is 1.04 bits per heavy atom. The molecule has 0 radical (unpaired) electrons. The summed E-state index contributed by atoms with van der Waals surface area (Å²) in [6.45, 7) is 0.0902. The molecule has 0 bridgehead atoms. The number of benzene rings is 2. The number of sulfonamides is 2. The highest BCUT2D eigenvalue weighted by Crippen LogP contribution is 2.29. The summed E-state index contributed by atoms with van der Waals surface area (Å²) in [4.78, 5) is 3.01. The van der Waals surface area contributed by atoms with Crippen LogP contribution in [0.1, 0.15) is 5.56 Å². The summed E-state index contributed by atoms with van der Waals surface area (Å²) in [6.07, 6.45) is 2.65. The van der Waals surface area contributed by atoms with E-state index in [-0.39, 0.29) is 11.4 Å². The predicted octanol–water partition coefficient (Wildman–Crippen LogP) is 2.67. The van der Waals surface area contributed by atoms with Crippen LogP contribution in [0.3, 0.4) is 0 Å². The van der Waals surface area contributed by atoms with Crippen molar-refractivity contribution >= 4 is 48.2 Å². The van der Waals surface area contributed by atoms with E-state index in [4.69, 9.17) is 11.6 Å². The van der Waals surface area contributed by atoms with Gasteiger partial charge in [0.1, 0.15) is 0 Å². The van der Waals surface area contributed by atoms with Crippen molar-refractivity contribution in [1.29, 1.82) is 0 Å². The van der Waals surface area contributed by atoms with Gasteiger partial charge in [0.2, 0.25) is 10.0 Å². The van der Waals surface area contributed by atoms with E-state index in [0.29, 0.717) is 27.2 Å². The number of hydrogen-bond acceptors (Lipinski definition) is 4. The van der Waals surface area contributed by atoms with Gasteiger partial charge in [-0.2, -0.15) is 0 Å². The molecule has 0 aliphatic carbocycles. The van der Waals surface area contributed by atoms with Gasteiger partial charge in [-0.05, 0) is 23.8 Å². The fourth-order valence-electron chi connectivity index (χ4n) is 2.41. The standard InChI is InChI=1S/C16H16ClN3O4S2/c1-25(21,22)19-9-11-5-7-12(8-6-11)26(23,24)20-15-4-2-3-13-14(17)10-18-16(13)15/h2-8,10,18-20H,9H2,1H3. The highest BCUT2D eigenvalue weighted by molar-refractivity contribution is 7.92. The molecule has 0 aliphatic rings. The lowest BCUT2D eigenvalue weighted by atomic mass is 10.2. The highest BCUT2D eigenvalue weighted by atomic mass is 35.5. The van der Waals surface area contributed by atoms with Crippen LogP contribution in [0.2, 0.25) is 5.02 Å². The van der Waals surface area contributed by atoms with Gasteiger partial charge in [0.15, 0.2) is 0 Å². The molecule has 3 N–H and O–H groups in total. The molecule has 0 atom stereocenters. The quantitative estimate of drug-likeness (QED) is 0.577. The molecule has 3 rings (SSSR count). The second-order valence-electron chi connectivity index (χ2n) is 5.71. The molecule has 0 spiro atoms.